The quantitative estimate of drug-likeness (QED) is 0.153. The Kier molecular flexibility index (Phi) is 7.75. The number of nitrogens with zero attached hydrogens (tertiary/aromatic N) is 2. The zero-order valence-corrected chi connectivity index (χ0v) is 32.9. The molecule has 0 bridgehead atoms. The number of rotatable bonds is 6. The molecule has 0 aliphatic heterocycles. The van der Waals surface area contributed by atoms with Crippen LogP contribution in [0, 0.1) is 0 Å². The van der Waals surface area contributed by atoms with E-state index in [1.165, 1.54) is 85.8 Å². The Balaban J connectivity index is 1.24. The minimum atomic E-state index is 1.11. The van der Waals surface area contributed by atoms with Crippen LogP contribution in [0.3, 0.4) is 0 Å². The molecule has 12 aromatic rings. The number of fused-ring (bicyclic) bond motifs is 9. The number of thiophene rings is 1. The molecule has 0 amide bonds. The maximum Gasteiger partial charge on any atom is 0.0541 e. The molecule has 0 unspecified atom stereocenters. The molecule has 0 saturated carbocycles. The van der Waals surface area contributed by atoms with Crippen LogP contribution in [0.15, 0.2) is 218 Å². The first-order valence-corrected chi connectivity index (χ1v) is 21.0. The standard InChI is InChI=1S/C56H36N2S/c1-5-17-37(18-6-1)55-50-36-54-48(45-26-14-16-28-53(45)59-54)35-46(50)43-31-30-42(57(39-19-7-2-8-20-39)40-21-9-3-10-22-40)34-49(43)56(55)38-29-32-52-47(33-38)44-25-13-15-27-51(44)58(52)41-23-11-4-12-24-41/h1-36H. The van der Waals surface area contributed by atoms with Crippen molar-refractivity contribution in [2.45, 2.75) is 0 Å². The Bertz CT molecular complexity index is 3490. The number of hydrogen-bond acceptors (Lipinski definition) is 2. The van der Waals surface area contributed by atoms with Gasteiger partial charge in [0.15, 0.2) is 0 Å². The van der Waals surface area contributed by atoms with Gasteiger partial charge in [0.2, 0.25) is 0 Å². The van der Waals surface area contributed by atoms with E-state index in [-0.39, 0.29) is 0 Å². The third-order valence-electron chi connectivity index (χ3n) is 11.9. The molecule has 59 heavy (non-hydrogen) atoms. The predicted octanol–water partition coefficient (Wildman–Crippen LogP) is 16.3. The van der Waals surface area contributed by atoms with Crippen LogP contribution in [0.1, 0.15) is 0 Å². The molecule has 2 nitrogen and oxygen atoms in total. The Labute approximate surface area is 346 Å². The summed E-state index contributed by atoms with van der Waals surface area (Å²) in [5.41, 5.74) is 11.8. The lowest BCUT2D eigenvalue weighted by Crippen LogP contribution is -2.09. The van der Waals surface area contributed by atoms with E-state index in [0.29, 0.717) is 0 Å². The number of anilines is 3. The van der Waals surface area contributed by atoms with E-state index in [9.17, 15) is 0 Å². The van der Waals surface area contributed by atoms with Gasteiger partial charge in [0.25, 0.3) is 0 Å². The van der Waals surface area contributed by atoms with E-state index in [0.717, 1.165) is 22.7 Å². The maximum atomic E-state index is 2.47. The first kappa shape index (κ1) is 33.7. The van der Waals surface area contributed by atoms with Gasteiger partial charge in [-0.2, -0.15) is 0 Å². The lowest BCUT2D eigenvalue weighted by molar-refractivity contribution is 1.18. The van der Waals surface area contributed by atoms with Gasteiger partial charge in [0.1, 0.15) is 0 Å². The van der Waals surface area contributed by atoms with E-state index in [1.807, 2.05) is 11.3 Å². The molecule has 0 saturated heterocycles. The number of benzene rings is 10. The van der Waals surface area contributed by atoms with Crippen LogP contribution in [0.4, 0.5) is 17.1 Å². The Hall–Kier alpha value is -7.46. The topological polar surface area (TPSA) is 8.17 Å². The van der Waals surface area contributed by atoms with E-state index in [1.54, 1.807) is 0 Å². The van der Waals surface area contributed by atoms with Crippen molar-refractivity contribution < 1.29 is 0 Å². The highest BCUT2D eigenvalue weighted by atomic mass is 32.1. The summed E-state index contributed by atoms with van der Waals surface area (Å²) in [6.07, 6.45) is 0. The van der Waals surface area contributed by atoms with Gasteiger partial charge in [-0.05, 0) is 129 Å². The van der Waals surface area contributed by atoms with Gasteiger partial charge in [-0.1, -0.05) is 133 Å². The van der Waals surface area contributed by atoms with Gasteiger partial charge in [-0.3, -0.25) is 0 Å². The smallest absolute Gasteiger partial charge is 0.0541 e. The summed E-state index contributed by atoms with van der Waals surface area (Å²) >= 11 is 1.88. The van der Waals surface area contributed by atoms with Crippen molar-refractivity contribution in [2.24, 2.45) is 0 Å². The molecule has 0 atom stereocenters. The van der Waals surface area contributed by atoms with Crippen molar-refractivity contribution >= 4 is 91.9 Å². The molecule has 0 aliphatic rings. The van der Waals surface area contributed by atoms with E-state index < -0.39 is 0 Å². The highest BCUT2D eigenvalue weighted by Crippen LogP contribution is 2.50. The van der Waals surface area contributed by atoms with Crippen LogP contribution in [0.25, 0.3) is 91.5 Å². The van der Waals surface area contributed by atoms with Crippen LogP contribution in [0.5, 0.6) is 0 Å². The predicted molar refractivity (Wildman–Crippen MR) is 254 cm³/mol. The van der Waals surface area contributed by atoms with Crippen LogP contribution in [-0.2, 0) is 0 Å². The molecule has 0 N–H and O–H groups in total. The first-order chi connectivity index (χ1) is 29.3. The van der Waals surface area contributed by atoms with E-state index in [4.69, 9.17) is 0 Å². The molecule has 10 aromatic carbocycles. The molecule has 0 aliphatic carbocycles. The van der Waals surface area contributed by atoms with Gasteiger partial charge in [-0.15, -0.1) is 11.3 Å². The summed E-state index contributed by atoms with van der Waals surface area (Å²) in [6.45, 7) is 0. The molecular weight excluding hydrogens is 733 g/mol. The molecular formula is C56H36N2S. The Morgan fingerprint density at radius 2 is 0.898 bits per heavy atom. The van der Waals surface area contributed by atoms with Crippen LogP contribution >= 0.6 is 11.3 Å². The molecule has 0 fully saturated rings. The first-order valence-electron chi connectivity index (χ1n) is 20.2. The summed E-state index contributed by atoms with van der Waals surface area (Å²) in [7, 11) is 0. The highest BCUT2D eigenvalue weighted by Gasteiger charge is 2.23. The van der Waals surface area contributed by atoms with Gasteiger partial charge in [-0.25, -0.2) is 0 Å². The maximum absolute atomic E-state index is 2.47. The summed E-state index contributed by atoms with van der Waals surface area (Å²) in [6, 6.07) is 80.0. The average Bonchev–Trinajstić information content (AvgIpc) is 3.84. The van der Waals surface area contributed by atoms with Crippen LogP contribution in [0.2, 0.25) is 0 Å². The lowest BCUT2D eigenvalue weighted by Gasteiger charge is -2.27. The minimum absolute atomic E-state index is 1.11. The lowest BCUT2D eigenvalue weighted by atomic mass is 9.84. The molecule has 2 heterocycles. The van der Waals surface area contributed by atoms with Crippen molar-refractivity contribution in [2.75, 3.05) is 4.90 Å². The van der Waals surface area contributed by atoms with Crippen molar-refractivity contribution in [3.63, 3.8) is 0 Å². The molecule has 276 valence electrons. The van der Waals surface area contributed by atoms with Crippen molar-refractivity contribution in [1.29, 1.82) is 0 Å². The van der Waals surface area contributed by atoms with Crippen molar-refractivity contribution in [3.8, 4) is 27.9 Å². The zero-order valence-electron chi connectivity index (χ0n) is 32.1. The Morgan fingerprint density at radius 1 is 0.305 bits per heavy atom. The molecule has 12 rings (SSSR count). The number of para-hydroxylation sites is 4. The van der Waals surface area contributed by atoms with E-state index >= 15 is 0 Å². The Morgan fingerprint density at radius 3 is 1.64 bits per heavy atom. The van der Waals surface area contributed by atoms with Crippen molar-refractivity contribution in [1.82, 2.24) is 4.57 Å². The average molecular weight is 769 g/mol. The fourth-order valence-electron chi connectivity index (χ4n) is 9.37. The summed E-state index contributed by atoms with van der Waals surface area (Å²) in [5.74, 6) is 0. The second kappa shape index (κ2) is 13.6. The third kappa shape index (κ3) is 5.40. The molecule has 3 heteroatoms. The van der Waals surface area contributed by atoms with Gasteiger partial charge in [0.05, 0.1) is 11.0 Å². The van der Waals surface area contributed by atoms with Gasteiger partial charge >= 0.3 is 0 Å². The second-order valence-electron chi connectivity index (χ2n) is 15.3. The fourth-order valence-corrected chi connectivity index (χ4v) is 10.5. The largest absolute Gasteiger partial charge is 0.310 e. The zero-order chi connectivity index (χ0) is 38.9. The third-order valence-corrected chi connectivity index (χ3v) is 13.1. The second-order valence-corrected chi connectivity index (χ2v) is 16.3. The fraction of sp³-hybridized carbons (Fsp3) is 0. The highest BCUT2D eigenvalue weighted by molar-refractivity contribution is 7.25. The van der Waals surface area contributed by atoms with Gasteiger partial charge < -0.3 is 9.47 Å². The summed E-state index contributed by atoms with van der Waals surface area (Å²) in [5, 5.41) is 10.1. The molecule has 0 spiro atoms. The number of hydrogen-bond donors (Lipinski definition) is 0. The van der Waals surface area contributed by atoms with Crippen molar-refractivity contribution in [3.05, 3.63) is 218 Å². The molecule has 2 aromatic heterocycles. The monoisotopic (exact) mass is 768 g/mol. The van der Waals surface area contributed by atoms with E-state index in [2.05, 4.69) is 228 Å². The summed E-state index contributed by atoms with van der Waals surface area (Å²) in [4.78, 5) is 2.38. The summed E-state index contributed by atoms with van der Waals surface area (Å²) < 4.78 is 5.02. The van der Waals surface area contributed by atoms with Crippen LogP contribution < -0.4 is 4.90 Å². The normalized spacial score (nSPS) is 11.7. The molecule has 0 radical (unpaired) electrons. The SMILES string of the molecule is c1ccc(-c2c(-c3ccc4c(c3)c3ccccc3n4-c3ccccc3)c3cc(N(c4ccccc4)c4ccccc4)ccc3c3cc4c(cc23)sc2ccccc24)cc1. The minimum Gasteiger partial charge on any atom is -0.310 e. The number of aromatic nitrogens is 1. The van der Waals surface area contributed by atoms with Crippen LogP contribution in [-0.4, -0.2) is 4.57 Å². The van der Waals surface area contributed by atoms with Gasteiger partial charge in [0, 0.05) is 53.7 Å².